The predicted molar refractivity (Wildman–Crippen MR) is 78.1 cm³/mol. The Balaban J connectivity index is 1.55. The molecule has 0 radical (unpaired) electrons. The molecule has 8 heteroatoms. The molecule has 1 amide bonds. The Bertz CT molecular complexity index is 828. The minimum absolute atomic E-state index is 0.139. The van der Waals surface area contributed by atoms with Crippen LogP contribution in [0.25, 0.3) is 11.3 Å². The third kappa shape index (κ3) is 2.29. The van der Waals surface area contributed by atoms with E-state index in [1.807, 2.05) is 23.6 Å². The number of aromatic nitrogens is 2. The molecular weight excluding hydrogens is 306 g/mol. The van der Waals surface area contributed by atoms with Gasteiger partial charge in [0.15, 0.2) is 16.6 Å². The van der Waals surface area contributed by atoms with Crippen LogP contribution in [0, 0.1) is 0 Å². The standard InChI is InChI=1S/C14H9N3O4S/c18-13(11-3-4-15-21-11)17-14-16-9(6-22-14)8-1-2-10-12(5-8)20-7-19-10/h1-6H,7H2,(H,16,17,18). The van der Waals surface area contributed by atoms with Gasteiger partial charge in [-0.1, -0.05) is 5.16 Å². The largest absolute Gasteiger partial charge is 0.454 e. The number of carbonyl (C=O) groups is 1. The lowest BCUT2D eigenvalue weighted by Gasteiger charge is -2.00. The van der Waals surface area contributed by atoms with E-state index in [2.05, 4.69) is 15.5 Å². The Kier molecular flexibility index (Phi) is 3.01. The zero-order chi connectivity index (χ0) is 14.9. The van der Waals surface area contributed by atoms with Crippen LogP contribution >= 0.6 is 11.3 Å². The van der Waals surface area contributed by atoms with Gasteiger partial charge in [-0.15, -0.1) is 11.3 Å². The van der Waals surface area contributed by atoms with Gasteiger partial charge in [-0.25, -0.2) is 4.98 Å². The van der Waals surface area contributed by atoms with Crippen LogP contribution in [0.4, 0.5) is 5.13 Å². The number of benzene rings is 1. The fourth-order valence-electron chi connectivity index (χ4n) is 2.01. The second-order valence-electron chi connectivity index (χ2n) is 4.44. The highest BCUT2D eigenvalue weighted by Gasteiger charge is 2.16. The summed E-state index contributed by atoms with van der Waals surface area (Å²) < 4.78 is 15.4. The van der Waals surface area contributed by atoms with Crippen molar-refractivity contribution in [3.8, 4) is 22.8 Å². The fourth-order valence-corrected chi connectivity index (χ4v) is 2.73. The molecule has 1 aromatic carbocycles. The molecule has 22 heavy (non-hydrogen) atoms. The molecule has 1 aliphatic heterocycles. The highest BCUT2D eigenvalue weighted by atomic mass is 32.1. The van der Waals surface area contributed by atoms with Crippen LogP contribution in [-0.4, -0.2) is 22.8 Å². The van der Waals surface area contributed by atoms with E-state index in [0.29, 0.717) is 10.9 Å². The molecule has 110 valence electrons. The fraction of sp³-hybridized carbons (Fsp3) is 0.0714. The van der Waals surface area contributed by atoms with E-state index in [9.17, 15) is 4.79 Å². The number of hydrogen-bond donors (Lipinski definition) is 1. The summed E-state index contributed by atoms with van der Waals surface area (Å²) in [6, 6.07) is 7.08. The number of carbonyl (C=O) groups excluding carboxylic acids is 1. The molecule has 3 heterocycles. The first-order valence-electron chi connectivity index (χ1n) is 6.37. The number of anilines is 1. The van der Waals surface area contributed by atoms with Crippen LogP contribution in [-0.2, 0) is 0 Å². The van der Waals surface area contributed by atoms with E-state index in [-0.39, 0.29) is 18.5 Å². The Labute approximate surface area is 128 Å². The first-order valence-corrected chi connectivity index (χ1v) is 7.25. The lowest BCUT2D eigenvalue weighted by Crippen LogP contribution is -2.10. The quantitative estimate of drug-likeness (QED) is 0.800. The second-order valence-corrected chi connectivity index (χ2v) is 5.29. The van der Waals surface area contributed by atoms with Gasteiger partial charge in [-0.3, -0.25) is 10.1 Å². The Morgan fingerprint density at radius 2 is 2.14 bits per heavy atom. The van der Waals surface area contributed by atoms with Crippen LogP contribution in [0.15, 0.2) is 40.4 Å². The molecule has 1 aliphatic rings. The number of rotatable bonds is 3. The molecule has 0 saturated carbocycles. The van der Waals surface area contributed by atoms with Gasteiger partial charge in [0.25, 0.3) is 5.91 Å². The Hall–Kier alpha value is -2.87. The minimum Gasteiger partial charge on any atom is -0.454 e. The summed E-state index contributed by atoms with van der Waals surface area (Å²) in [5, 5.41) is 8.49. The van der Waals surface area contributed by atoms with Crippen molar-refractivity contribution in [3.05, 3.63) is 41.6 Å². The minimum atomic E-state index is -0.385. The number of ether oxygens (including phenoxy) is 2. The third-order valence-corrected chi connectivity index (χ3v) is 3.81. The number of nitrogens with one attached hydrogen (secondary N) is 1. The van der Waals surface area contributed by atoms with Crippen molar-refractivity contribution < 1.29 is 18.8 Å². The van der Waals surface area contributed by atoms with E-state index in [0.717, 1.165) is 17.0 Å². The van der Waals surface area contributed by atoms with Gasteiger partial charge in [0.05, 0.1) is 11.9 Å². The molecule has 0 aliphatic carbocycles. The van der Waals surface area contributed by atoms with Gasteiger partial charge >= 0.3 is 0 Å². The summed E-state index contributed by atoms with van der Waals surface area (Å²) >= 11 is 1.33. The number of nitrogens with zero attached hydrogens (tertiary/aromatic N) is 2. The Morgan fingerprint density at radius 1 is 1.23 bits per heavy atom. The monoisotopic (exact) mass is 315 g/mol. The van der Waals surface area contributed by atoms with E-state index < -0.39 is 0 Å². The average Bonchev–Trinajstić information content (AvgIpc) is 3.27. The molecule has 3 aromatic rings. The van der Waals surface area contributed by atoms with E-state index in [1.54, 1.807) is 0 Å². The maximum Gasteiger partial charge on any atom is 0.296 e. The van der Waals surface area contributed by atoms with Crippen molar-refractivity contribution in [2.75, 3.05) is 12.1 Å². The average molecular weight is 315 g/mol. The van der Waals surface area contributed by atoms with Gasteiger partial charge in [0.1, 0.15) is 0 Å². The molecule has 0 fully saturated rings. The summed E-state index contributed by atoms with van der Waals surface area (Å²) in [5.41, 5.74) is 1.64. The number of fused-ring (bicyclic) bond motifs is 1. The highest BCUT2D eigenvalue weighted by Crippen LogP contribution is 2.36. The maximum absolute atomic E-state index is 11.9. The smallest absolute Gasteiger partial charge is 0.296 e. The molecule has 0 bridgehead atoms. The maximum atomic E-state index is 11.9. The van der Waals surface area contributed by atoms with Crippen molar-refractivity contribution in [2.24, 2.45) is 0 Å². The normalized spacial score (nSPS) is 12.4. The Morgan fingerprint density at radius 3 is 3.00 bits per heavy atom. The van der Waals surface area contributed by atoms with Gasteiger partial charge < -0.3 is 14.0 Å². The lowest BCUT2D eigenvalue weighted by molar-refractivity contribution is 0.0988. The second kappa shape index (κ2) is 5.15. The van der Waals surface area contributed by atoms with Gasteiger partial charge in [0.2, 0.25) is 12.6 Å². The zero-order valence-electron chi connectivity index (χ0n) is 11.1. The number of thiazole rings is 1. The van der Waals surface area contributed by atoms with Crippen molar-refractivity contribution in [2.45, 2.75) is 0 Å². The molecule has 0 spiro atoms. The lowest BCUT2D eigenvalue weighted by atomic mass is 10.1. The summed E-state index contributed by atoms with van der Waals surface area (Å²) in [7, 11) is 0. The van der Waals surface area contributed by atoms with Crippen molar-refractivity contribution in [1.82, 2.24) is 10.1 Å². The van der Waals surface area contributed by atoms with Crippen molar-refractivity contribution >= 4 is 22.4 Å². The molecule has 7 nitrogen and oxygen atoms in total. The van der Waals surface area contributed by atoms with Gasteiger partial charge in [-0.05, 0) is 18.2 Å². The molecule has 2 aromatic heterocycles. The molecule has 1 N–H and O–H groups in total. The topological polar surface area (TPSA) is 86.5 Å². The number of hydrogen-bond acceptors (Lipinski definition) is 7. The summed E-state index contributed by atoms with van der Waals surface area (Å²) in [6.07, 6.45) is 1.41. The summed E-state index contributed by atoms with van der Waals surface area (Å²) in [6.45, 7) is 0.230. The van der Waals surface area contributed by atoms with E-state index in [4.69, 9.17) is 14.0 Å². The predicted octanol–water partition coefficient (Wildman–Crippen LogP) is 2.78. The first-order chi connectivity index (χ1) is 10.8. The van der Waals surface area contributed by atoms with Crippen molar-refractivity contribution in [3.63, 3.8) is 0 Å². The van der Waals surface area contributed by atoms with Crippen LogP contribution in [0.1, 0.15) is 10.6 Å². The van der Waals surface area contributed by atoms with Crippen LogP contribution in [0.2, 0.25) is 0 Å². The number of amides is 1. The summed E-state index contributed by atoms with van der Waals surface area (Å²) in [5.74, 6) is 1.17. The first kappa shape index (κ1) is 12.8. The summed E-state index contributed by atoms with van der Waals surface area (Å²) in [4.78, 5) is 16.2. The molecule has 0 atom stereocenters. The van der Waals surface area contributed by atoms with Gasteiger partial charge in [-0.2, -0.15) is 0 Å². The molecule has 4 rings (SSSR count). The van der Waals surface area contributed by atoms with Gasteiger partial charge in [0, 0.05) is 17.0 Å². The molecule has 0 unspecified atom stereocenters. The van der Waals surface area contributed by atoms with Crippen LogP contribution in [0.3, 0.4) is 0 Å². The molecular formula is C14H9N3O4S. The molecule has 0 saturated heterocycles. The SMILES string of the molecule is O=C(Nc1nc(-c2ccc3c(c2)OCO3)cs1)c1ccno1. The zero-order valence-corrected chi connectivity index (χ0v) is 11.9. The van der Waals surface area contributed by atoms with Crippen LogP contribution < -0.4 is 14.8 Å². The van der Waals surface area contributed by atoms with Crippen molar-refractivity contribution in [1.29, 1.82) is 0 Å². The third-order valence-electron chi connectivity index (χ3n) is 3.05. The highest BCUT2D eigenvalue weighted by molar-refractivity contribution is 7.14. The van der Waals surface area contributed by atoms with E-state index in [1.165, 1.54) is 23.6 Å². The van der Waals surface area contributed by atoms with E-state index >= 15 is 0 Å². The van der Waals surface area contributed by atoms with Crippen LogP contribution in [0.5, 0.6) is 11.5 Å².